The second-order valence-electron chi connectivity index (χ2n) is 7.40. The standard InChI is InChI=1S/C23H24N2O2S/c1-5-26-16-8-6-7-15(13-16)21-19(25-22(24)28-21)18-10-9-14(2)17-11-12-23(3,4)27-20(17)18/h6-13H,5H2,1-4H3,(H2,24,25). The smallest absolute Gasteiger partial charge is 0.181 e. The van der Waals surface area contributed by atoms with Crippen LogP contribution in [0, 0.1) is 6.92 Å². The second-order valence-corrected chi connectivity index (χ2v) is 8.43. The van der Waals surface area contributed by atoms with Gasteiger partial charge in [-0.2, -0.15) is 0 Å². The van der Waals surface area contributed by atoms with Crippen molar-refractivity contribution >= 4 is 22.5 Å². The van der Waals surface area contributed by atoms with E-state index in [4.69, 9.17) is 15.2 Å². The Labute approximate surface area is 169 Å². The fraction of sp³-hybridized carbons (Fsp3) is 0.261. The van der Waals surface area contributed by atoms with Crippen molar-refractivity contribution in [3.05, 3.63) is 53.6 Å². The Morgan fingerprint density at radius 2 is 2.04 bits per heavy atom. The van der Waals surface area contributed by atoms with Crippen LogP contribution >= 0.6 is 11.3 Å². The van der Waals surface area contributed by atoms with Crippen molar-refractivity contribution < 1.29 is 9.47 Å². The normalized spacial score (nSPS) is 14.4. The van der Waals surface area contributed by atoms with Gasteiger partial charge < -0.3 is 15.2 Å². The maximum atomic E-state index is 6.36. The molecule has 1 aliphatic heterocycles. The number of nitrogens with two attached hydrogens (primary N) is 1. The van der Waals surface area contributed by atoms with Crippen molar-refractivity contribution in [1.29, 1.82) is 0 Å². The van der Waals surface area contributed by atoms with Gasteiger partial charge in [0.15, 0.2) is 5.13 Å². The van der Waals surface area contributed by atoms with Crippen molar-refractivity contribution in [3.8, 4) is 33.2 Å². The number of anilines is 1. The van der Waals surface area contributed by atoms with Crippen molar-refractivity contribution in [2.24, 2.45) is 0 Å². The summed E-state index contributed by atoms with van der Waals surface area (Å²) in [7, 11) is 0. The van der Waals surface area contributed by atoms with Gasteiger partial charge in [0.1, 0.15) is 17.1 Å². The zero-order valence-corrected chi connectivity index (χ0v) is 17.4. The zero-order chi connectivity index (χ0) is 19.9. The maximum absolute atomic E-state index is 6.36. The van der Waals surface area contributed by atoms with E-state index in [0.29, 0.717) is 11.7 Å². The van der Waals surface area contributed by atoms with Crippen molar-refractivity contribution in [1.82, 2.24) is 4.98 Å². The Morgan fingerprint density at radius 3 is 2.82 bits per heavy atom. The molecule has 0 atom stereocenters. The van der Waals surface area contributed by atoms with E-state index in [9.17, 15) is 0 Å². The molecule has 3 aromatic rings. The molecule has 144 valence electrons. The SMILES string of the molecule is CCOc1cccc(-c2sc(N)nc2-c2ccc(C)c3c2OC(C)(C)C=C3)c1. The van der Waals surface area contributed by atoms with Crippen LogP contribution < -0.4 is 15.2 Å². The van der Waals surface area contributed by atoms with Gasteiger partial charge in [0.25, 0.3) is 0 Å². The topological polar surface area (TPSA) is 57.4 Å². The van der Waals surface area contributed by atoms with Gasteiger partial charge >= 0.3 is 0 Å². The van der Waals surface area contributed by atoms with Crippen LogP contribution in [0.5, 0.6) is 11.5 Å². The van der Waals surface area contributed by atoms with E-state index in [1.807, 2.05) is 25.1 Å². The number of aryl methyl sites for hydroxylation is 1. The first kappa shape index (κ1) is 18.6. The summed E-state index contributed by atoms with van der Waals surface area (Å²) in [4.78, 5) is 5.68. The first-order chi connectivity index (χ1) is 13.4. The molecule has 0 aliphatic carbocycles. The Balaban J connectivity index is 1.89. The molecule has 1 aliphatic rings. The highest BCUT2D eigenvalue weighted by molar-refractivity contribution is 7.19. The zero-order valence-electron chi connectivity index (χ0n) is 16.6. The Bertz CT molecular complexity index is 1070. The van der Waals surface area contributed by atoms with Crippen LogP contribution in [0.15, 0.2) is 42.5 Å². The molecule has 0 radical (unpaired) electrons. The molecule has 0 unspecified atom stereocenters. The van der Waals surface area contributed by atoms with Crippen LogP contribution in [0.2, 0.25) is 0 Å². The number of nitrogen functional groups attached to an aromatic ring is 1. The van der Waals surface area contributed by atoms with Gasteiger partial charge in [-0.3, -0.25) is 0 Å². The number of hydrogen-bond acceptors (Lipinski definition) is 5. The van der Waals surface area contributed by atoms with Gasteiger partial charge in [0, 0.05) is 11.1 Å². The van der Waals surface area contributed by atoms with Gasteiger partial charge in [-0.05, 0) is 63.1 Å². The van der Waals surface area contributed by atoms with E-state index < -0.39 is 0 Å². The first-order valence-corrected chi connectivity index (χ1v) is 10.2. The number of thiazole rings is 1. The lowest BCUT2D eigenvalue weighted by atomic mass is 9.94. The maximum Gasteiger partial charge on any atom is 0.181 e. The number of rotatable bonds is 4. The molecule has 2 aromatic carbocycles. The second kappa shape index (κ2) is 6.99. The molecule has 0 fully saturated rings. The largest absolute Gasteiger partial charge is 0.494 e. The fourth-order valence-electron chi connectivity index (χ4n) is 3.39. The molecule has 0 bridgehead atoms. The van der Waals surface area contributed by atoms with Crippen molar-refractivity contribution in [2.45, 2.75) is 33.3 Å². The van der Waals surface area contributed by atoms with Gasteiger partial charge in [-0.25, -0.2) is 4.98 Å². The molecule has 0 amide bonds. The minimum atomic E-state index is -0.369. The summed E-state index contributed by atoms with van der Waals surface area (Å²) < 4.78 is 12.0. The van der Waals surface area contributed by atoms with Crippen LogP contribution in [0.4, 0.5) is 5.13 Å². The van der Waals surface area contributed by atoms with E-state index in [-0.39, 0.29) is 5.60 Å². The quantitative estimate of drug-likeness (QED) is 0.596. The lowest BCUT2D eigenvalue weighted by molar-refractivity contribution is 0.160. The van der Waals surface area contributed by atoms with E-state index in [1.54, 1.807) is 0 Å². The van der Waals surface area contributed by atoms with Crippen LogP contribution in [-0.2, 0) is 0 Å². The molecule has 5 heteroatoms. The summed E-state index contributed by atoms with van der Waals surface area (Å²) >= 11 is 1.48. The molecular weight excluding hydrogens is 368 g/mol. The van der Waals surface area contributed by atoms with Gasteiger partial charge in [-0.1, -0.05) is 35.6 Å². The molecule has 2 N–H and O–H groups in total. The summed E-state index contributed by atoms with van der Waals surface area (Å²) in [5.74, 6) is 1.70. The molecule has 1 aromatic heterocycles. The lowest BCUT2D eigenvalue weighted by Gasteiger charge is -2.30. The molecule has 2 heterocycles. The third-order valence-corrected chi connectivity index (χ3v) is 5.67. The average Bonchev–Trinajstić information content (AvgIpc) is 3.03. The minimum absolute atomic E-state index is 0.369. The predicted molar refractivity (Wildman–Crippen MR) is 117 cm³/mol. The molecule has 0 saturated carbocycles. The molecule has 0 saturated heterocycles. The third kappa shape index (κ3) is 3.38. The van der Waals surface area contributed by atoms with Gasteiger partial charge in [-0.15, -0.1) is 0 Å². The van der Waals surface area contributed by atoms with Crippen LogP contribution in [0.3, 0.4) is 0 Å². The van der Waals surface area contributed by atoms with Gasteiger partial charge in [0.2, 0.25) is 0 Å². The Morgan fingerprint density at radius 1 is 1.21 bits per heavy atom. The van der Waals surface area contributed by atoms with Crippen LogP contribution in [0.25, 0.3) is 27.8 Å². The van der Waals surface area contributed by atoms with E-state index in [0.717, 1.165) is 38.8 Å². The molecular formula is C23H24N2O2S. The van der Waals surface area contributed by atoms with E-state index >= 15 is 0 Å². The average molecular weight is 393 g/mol. The fourth-order valence-corrected chi connectivity index (χ4v) is 4.23. The highest BCUT2D eigenvalue weighted by atomic mass is 32.1. The highest BCUT2D eigenvalue weighted by Gasteiger charge is 2.27. The summed E-state index contributed by atoms with van der Waals surface area (Å²) in [5, 5.41) is 0.534. The summed E-state index contributed by atoms with van der Waals surface area (Å²) in [6.07, 6.45) is 4.23. The van der Waals surface area contributed by atoms with Crippen molar-refractivity contribution in [2.75, 3.05) is 12.3 Å². The molecule has 28 heavy (non-hydrogen) atoms. The molecule has 0 spiro atoms. The van der Waals surface area contributed by atoms with Crippen molar-refractivity contribution in [3.63, 3.8) is 0 Å². The van der Waals surface area contributed by atoms with E-state index in [2.05, 4.69) is 56.1 Å². The monoisotopic (exact) mass is 392 g/mol. The predicted octanol–water partition coefficient (Wildman–Crippen LogP) is 5.95. The summed E-state index contributed by atoms with van der Waals surface area (Å²) in [6, 6.07) is 12.2. The summed E-state index contributed by atoms with van der Waals surface area (Å²) in [5.41, 5.74) is 10.9. The first-order valence-electron chi connectivity index (χ1n) is 9.40. The van der Waals surface area contributed by atoms with Crippen LogP contribution in [-0.4, -0.2) is 17.2 Å². The Hall–Kier alpha value is -2.79. The molecule has 4 nitrogen and oxygen atoms in total. The number of ether oxygens (including phenoxy) is 2. The number of fused-ring (bicyclic) bond motifs is 1. The summed E-state index contributed by atoms with van der Waals surface area (Å²) in [6.45, 7) is 8.81. The van der Waals surface area contributed by atoms with Crippen LogP contribution in [0.1, 0.15) is 31.9 Å². The molecule has 4 rings (SSSR count). The number of nitrogens with zero attached hydrogens (tertiary/aromatic N) is 1. The number of aromatic nitrogens is 1. The third-order valence-electron chi connectivity index (χ3n) is 4.74. The minimum Gasteiger partial charge on any atom is -0.494 e. The van der Waals surface area contributed by atoms with E-state index in [1.165, 1.54) is 16.9 Å². The number of hydrogen-bond donors (Lipinski definition) is 1. The lowest BCUT2D eigenvalue weighted by Crippen LogP contribution is -2.28. The Kier molecular flexibility index (Phi) is 4.63. The van der Waals surface area contributed by atoms with Gasteiger partial charge in [0.05, 0.1) is 17.2 Å². The highest BCUT2D eigenvalue weighted by Crippen LogP contribution is 2.46. The number of benzene rings is 2.